The molecule has 0 atom stereocenters. The Morgan fingerprint density at radius 2 is 2.08 bits per heavy atom. The summed E-state index contributed by atoms with van der Waals surface area (Å²) >= 11 is 6.17. The summed E-state index contributed by atoms with van der Waals surface area (Å²) in [6.07, 6.45) is 1.55. The molecule has 2 N–H and O–H groups in total. The number of esters is 1. The predicted molar refractivity (Wildman–Crippen MR) is 102 cm³/mol. The van der Waals surface area contributed by atoms with E-state index in [0.29, 0.717) is 27.9 Å². The average molecular weight is 377 g/mol. The van der Waals surface area contributed by atoms with Crippen LogP contribution in [0.25, 0.3) is 0 Å². The van der Waals surface area contributed by atoms with Gasteiger partial charge in [-0.2, -0.15) is 0 Å². The van der Waals surface area contributed by atoms with Gasteiger partial charge in [-0.1, -0.05) is 11.6 Å². The van der Waals surface area contributed by atoms with Crippen molar-refractivity contribution in [2.75, 3.05) is 50.6 Å². The number of nitrogens with zero attached hydrogens (tertiary/aromatic N) is 2. The summed E-state index contributed by atoms with van der Waals surface area (Å²) in [7, 11) is 3.08. The van der Waals surface area contributed by atoms with E-state index in [0.717, 1.165) is 31.9 Å². The van der Waals surface area contributed by atoms with Crippen molar-refractivity contribution in [3.05, 3.63) is 41.0 Å². The lowest BCUT2D eigenvalue weighted by Gasteiger charge is -2.30. The summed E-state index contributed by atoms with van der Waals surface area (Å²) in [4.78, 5) is 18.5. The SMILES string of the molecule is CNc1ncc(Oc2cc(N3CCNCC3)ccc2C(=O)OC)cc1Cl. The second-order valence-electron chi connectivity index (χ2n) is 5.76. The second-order valence-corrected chi connectivity index (χ2v) is 6.17. The Morgan fingerprint density at radius 1 is 1.31 bits per heavy atom. The van der Waals surface area contributed by atoms with Crippen molar-refractivity contribution in [2.45, 2.75) is 0 Å². The van der Waals surface area contributed by atoms with Crippen LogP contribution in [-0.2, 0) is 4.74 Å². The molecule has 2 heterocycles. The van der Waals surface area contributed by atoms with Gasteiger partial charge in [0.2, 0.25) is 0 Å². The summed E-state index contributed by atoms with van der Waals surface area (Å²) in [5.41, 5.74) is 1.33. The first-order valence-corrected chi connectivity index (χ1v) is 8.69. The molecule has 0 radical (unpaired) electrons. The Hall–Kier alpha value is -2.51. The summed E-state index contributed by atoms with van der Waals surface area (Å²) in [5.74, 6) is 0.944. The number of pyridine rings is 1. The molecule has 0 aliphatic carbocycles. The highest BCUT2D eigenvalue weighted by atomic mass is 35.5. The van der Waals surface area contributed by atoms with Crippen LogP contribution in [0.2, 0.25) is 5.02 Å². The molecule has 0 amide bonds. The molecule has 1 saturated heterocycles. The Labute approximate surface area is 157 Å². The molecule has 7 nitrogen and oxygen atoms in total. The zero-order chi connectivity index (χ0) is 18.5. The van der Waals surface area contributed by atoms with Gasteiger partial charge in [0, 0.05) is 51.0 Å². The molecule has 0 bridgehead atoms. The number of anilines is 2. The van der Waals surface area contributed by atoms with E-state index < -0.39 is 5.97 Å². The van der Waals surface area contributed by atoms with Gasteiger partial charge in [-0.15, -0.1) is 0 Å². The molecule has 3 rings (SSSR count). The molecule has 0 unspecified atom stereocenters. The summed E-state index contributed by atoms with van der Waals surface area (Å²) in [6, 6.07) is 7.12. The number of halogens is 1. The maximum Gasteiger partial charge on any atom is 0.341 e. The van der Waals surface area contributed by atoms with Crippen LogP contribution in [0.1, 0.15) is 10.4 Å². The molecule has 1 aromatic carbocycles. The van der Waals surface area contributed by atoms with E-state index in [9.17, 15) is 4.79 Å². The number of aromatic nitrogens is 1. The van der Waals surface area contributed by atoms with Gasteiger partial charge in [0.15, 0.2) is 0 Å². The number of ether oxygens (including phenoxy) is 2. The standard InChI is InChI=1S/C18H21ClN4O3/c1-20-17-15(19)10-13(11-22-17)26-16-9-12(23-7-5-21-6-8-23)3-4-14(16)18(24)25-2/h3-4,9-11,21H,5-8H2,1-2H3,(H,20,22). The van der Waals surface area contributed by atoms with Gasteiger partial charge < -0.3 is 25.0 Å². The van der Waals surface area contributed by atoms with Gasteiger partial charge in [-0.3, -0.25) is 0 Å². The fourth-order valence-electron chi connectivity index (χ4n) is 2.78. The fraction of sp³-hybridized carbons (Fsp3) is 0.333. The van der Waals surface area contributed by atoms with Crippen LogP contribution in [-0.4, -0.2) is 51.3 Å². The fourth-order valence-corrected chi connectivity index (χ4v) is 3.03. The van der Waals surface area contributed by atoms with E-state index >= 15 is 0 Å². The van der Waals surface area contributed by atoms with Crippen LogP contribution in [0.5, 0.6) is 11.5 Å². The number of methoxy groups -OCH3 is 1. The number of nitrogens with one attached hydrogen (secondary N) is 2. The van der Waals surface area contributed by atoms with Gasteiger partial charge in [-0.05, 0) is 12.1 Å². The molecule has 138 valence electrons. The van der Waals surface area contributed by atoms with E-state index in [1.165, 1.54) is 7.11 Å². The van der Waals surface area contributed by atoms with Crippen LogP contribution in [0, 0.1) is 0 Å². The quantitative estimate of drug-likeness (QED) is 0.777. The predicted octanol–water partition coefficient (Wildman–Crippen LogP) is 2.77. The number of carbonyl (C=O) groups is 1. The lowest BCUT2D eigenvalue weighted by molar-refractivity contribution is 0.0598. The maximum absolute atomic E-state index is 12.1. The second kappa shape index (κ2) is 8.25. The first kappa shape index (κ1) is 18.3. The Kier molecular flexibility index (Phi) is 5.80. The molecule has 0 saturated carbocycles. The van der Waals surface area contributed by atoms with Crippen LogP contribution in [0.4, 0.5) is 11.5 Å². The molecular weight excluding hydrogens is 356 g/mol. The summed E-state index contributed by atoms with van der Waals surface area (Å²) < 4.78 is 10.8. The number of hydrogen-bond acceptors (Lipinski definition) is 7. The monoisotopic (exact) mass is 376 g/mol. The molecule has 2 aromatic rings. The van der Waals surface area contributed by atoms with Crippen molar-refractivity contribution in [3.63, 3.8) is 0 Å². The lowest BCUT2D eigenvalue weighted by atomic mass is 10.1. The highest BCUT2D eigenvalue weighted by Crippen LogP contribution is 2.32. The average Bonchev–Trinajstić information content (AvgIpc) is 2.68. The topological polar surface area (TPSA) is 75.7 Å². The zero-order valence-corrected chi connectivity index (χ0v) is 15.5. The number of rotatable bonds is 5. The Morgan fingerprint density at radius 3 is 2.73 bits per heavy atom. The van der Waals surface area contributed by atoms with Crippen molar-refractivity contribution in [2.24, 2.45) is 0 Å². The van der Waals surface area contributed by atoms with Gasteiger partial charge in [0.25, 0.3) is 0 Å². The first-order chi connectivity index (χ1) is 12.6. The van der Waals surface area contributed by atoms with Crippen LogP contribution in [0.3, 0.4) is 0 Å². The van der Waals surface area contributed by atoms with Crippen LogP contribution >= 0.6 is 11.6 Å². The normalized spacial score (nSPS) is 14.0. The van der Waals surface area contributed by atoms with Crippen molar-refractivity contribution in [3.8, 4) is 11.5 Å². The van der Waals surface area contributed by atoms with Crippen molar-refractivity contribution in [1.29, 1.82) is 0 Å². The highest BCUT2D eigenvalue weighted by molar-refractivity contribution is 6.33. The number of benzene rings is 1. The van der Waals surface area contributed by atoms with E-state index in [1.807, 2.05) is 12.1 Å². The third-order valence-corrected chi connectivity index (χ3v) is 4.42. The van der Waals surface area contributed by atoms with E-state index in [-0.39, 0.29) is 0 Å². The summed E-state index contributed by atoms with van der Waals surface area (Å²) in [6.45, 7) is 3.61. The maximum atomic E-state index is 12.1. The van der Waals surface area contributed by atoms with Gasteiger partial charge >= 0.3 is 5.97 Å². The molecule has 1 fully saturated rings. The number of hydrogen-bond donors (Lipinski definition) is 2. The smallest absolute Gasteiger partial charge is 0.341 e. The minimum Gasteiger partial charge on any atom is -0.465 e. The number of piperazine rings is 1. The Bertz CT molecular complexity index is 794. The van der Waals surface area contributed by atoms with Crippen molar-refractivity contribution in [1.82, 2.24) is 10.3 Å². The molecular formula is C18H21ClN4O3. The lowest BCUT2D eigenvalue weighted by Crippen LogP contribution is -2.43. The molecule has 0 spiro atoms. The minimum atomic E-state index is -0.460. The molecule has 26 heavy (non-hydrogen) atoms. The number of carbonyl (C=O) groups excluding carboxylic acids is 1. The van der Waals surface area contributed by atoms with Gasteiger partial charge in [-0.25, -0.2) is 9.78 Å². The third kappa shape index (κ3) is 4.00. The summed E-state index contributed by atoms with van der Waals surface area (Å²) in [5, 5.41) is 6.64. The minimum absolute atomic E-state index is 0.347. The van der Waals surface area contributed by atoms with Crippen LogP contribution < -0.4 is 20.3 Å². The van der Waals surface area contributed by atoms with E-state index in [1.54, 1.807) is 25.4 Å². The van der Waals surface area contributed by atoms with E-state index in [4.69, 9.17) is 21.1 Å². The van der Waals surface area contributed by atoms with Crippen molar-refractivity contribution >= 4 is 29.1 Å². The molecule has 1 aromatic heterocycles. The third-order valence-electron chi connectivity index (χ3n) is 4.13. The first-order valence-electron chi connectivity index (χ1n) is 8.31. The van der Waals surface area contributed by atoms with Crippen molar-refractivity contribution < 1.29 is 14.3 Å². The van der Waals surface area contributed by atoms with Gasteiger partial charge in [0.1, 0.15) is 22.9 Å². The largest absolute Gasteiger partial charge is 0.465 e. The van der Waals surface area contributed by atoms with E-state index in [2.05, 4.69) is 20.5 Å². The van der Waals surface area contributed by atoms with Gasteiger partial charge in [0.05, 0.1) is 18.3 Å². The zero-order valence-electron chi connectivity index (χ0n) is 14.7. The molecule has 8 heteroatoms. The Balaban J connectivity index is 1.93. The van der Waals surface area contributed by atoms with Crippen LogP contribution in [0.15, 0.2) is 30.5 Å². The molecule has 1 aliphatic heterocycles. The highest BCUT2D eigenvalue weighted by Gasteiger charge is 2.18. The molecule has 1 aliphatic rings.